The zero-order valence-electron chi connectivity index (χ0n) is 2.14. The van der Waals surface area contributed by atoms with Crippen molar-refractivity contribution in [2.24, 2.45) is 0 Å². The van der Waals surface area contributed by atoms with Gasteiger partial charge in [0.2, 0.25) is 0 Å². The molecule has 0 amide bonds. The van der Waals surface area contributed by atoms with Crippen LogP contribution in [0.15, 0.2) is 0 Å². The molecule has 0 heterocycles. The van der Waals surface area contributed by atoms with E-state index in [0.717, 1.165) is 0 Å². The van der Waals surface area contributed by atoms with Crippen LogP contribution in [-0.4, -0.2) is 34.6 Å². The standard InChI is InChI=1S/B.Bi.O.Zn/q;;-2;+2. The van der Waals surface area contributed by atoms with Crippen LogP contribution >= 0.6 is 0 Å². The van der Waals surface area contributed by atoms with Gasteiger partial charge in [0.15, 0.2) is 0 Å². The number of rotatable bonds is 0. The molecule has 0 spiro atoms. The Morgan fingerprint density at radius 3 is 1.00 bits per heavy atom. The molecule has 1 nitrogen and oxygen atoms in total. The SMILES string of the molecule is [B].[Bi].[O-2].[Zn+2]. The van der Waals surface area contributed by atoms with Crippen LogP contribution in [0.2, 0.25) is 0 Å². The quantitative estimate of drug-likeness (QED) is 0.520. The van der Waals surface area contributed by atoms with E-state index in [4.69, 9.17) is 0 Å². The first-order chi connectivity index (χ1) is 0. The summed E-state index contributed by atoms with van der Waals surface area (Å²) in [4.78, 5) is 0. The fourth-order valence-electron chi connectivity index (χ4n) is 0. The van der Waals surface area contributed by atoms with Crippen LogP contribution in [0.3, 0.4) is 0 Å². The van der Waals surface area contributed by atoms with Crippen molar-refractivity contribution in [3.05, 3.63) is 0 Å². The molecule has 4 heavy (non-hydrogen) atoms. The third-order valence-electron chi connectivity index (χ3n) is 0. The Balaban J connectivity index is 0. The van der Waals surface area contributed by atoms with E-state index in [-0.39, 0.29) is 59.6 Å². The van der Waals surface area contributed by atoms with Gasteiger partial charge in [0.05, 0.1) is 0 Å². The average molecular weight is 301 g/mol. The number of hydrogen-bond donors (Lipinski definition) is 0. The Morgan fingerprint density at radius 2 is 1.00 bits per heavy atom. The minimum absolute atomic E-state index is 0. The summed E-state index contributed by atoms with van der Waals surface area (Å²) in [6.45, 7) is 0. The Morgan fingerprint density at radius 1 is 1.00 bits per heavy atom. The molecule has 0 N–H and O–H groups in total. The molecule has 0 aliphatic carbocycles. The van der Waals surface area contributed by atoms with E-state index in [0.29, 0.717) is 0 Å². The zero-order valence-corrected chi connectivity index (χ0v) is 8.58. The van der Waals surface area contributed by atoms with Crippen LogP contribution in [0.4, 0.5) is 0 Å². The number of hydrogen-bond acceptors (Lipinski definition) is 0. The van der Waals surface area contributed by atoms with Gasteiger partial charge in [-0.1, -0.05) is 0 Å². The predicted molar refractivity (Wildman–Crippen MR) is 12.2 cm³/mol. The second-order valence-corrected chi connectivity index (χ2v) is 0. The second-order valence-electron chi connectivity index (χ2n) is 0. The van der Waals surface area contributed by atoms with Crippen LogP contribution in [0, 0.1) is 0 Å². The maximum absolute atomic E-state index is 0. The van der Waals surface area contributed by atoms with Gasteiger partial charge in [-0.3, -0.25) is 0 Å². The van der Waals surface area contributed by atoms with Crippen molar-refractivity contribution in [3.8, 4) is 0 Å². The molecular formula is BBiOZn. The molecule has 0 saturated heterocycles. The monoisotopic (exact) mass is 300 g/mol. The molecule has 0 aromatic heterocycles. The largest absolute Gasteiger partial charge is 2.00 e. The summed E-state index contributed by atoms with van der Waals surface area (Å²) < 4.78 is 0. The van der Waals surface area contributed by atoms with E-state index < -0.39 is 0 Å². The van der Waals surface area contributed by atoms with E-state index in [1.807, 2.05) is 0 Å². The first-order valence-electron chi connectivity index (χ1n) is 0. The van der Waals surface area contributed by atoms with E-state index in [2.05, 4.69) is 0 Å². The average Bonchev–Trinajstić information content (AvgIpc) is 0. The molecule has 0 unspecified atom stereocenters. The molecule has 0 fully saturated rings. The molecular weight excluding hydrogens is 301 g/mol. The third-order valence-corrected chi connectivity index (χ3v) is 0. The zero-order chi connectivity index (χ0) is 0. The maximum Gasteiger partial charge on any atom is 2.00 e. The molecule has 0 aliphatic rings. The van der Waals surface area contributed by atoms with Gasteiger partial charge in [0.25, 0.3) is 0 Å². The Bertz CT molecular complexity index is 8.00. The first-order valence-corrected chi connectivity index (χ1v) is 0. The van der Waals surface area contributed by atoms with E-state index in [1.54, 1.807) is 0 Å². The predicted octanol–water partition coefficient (Wildman–Crippen LogP) is -0.883. The fourth-order valence-corrected chi connectivity index (χ4v) is 0. The van der Waals surface area contributed by atoms with E-state index in [9.17, 15) is 0 Å². The molecule has 0 bridgehead atoms. The van der Waals surface area contributed by atoms with Crippen LogP contribution in [0.25, 0.3) is 0 Å². The van der Waals surface area contributed by atoms with Crippen molar-refractivity contribution in [3.63, 3.8) is 0 Å². The van der Waals surface area contributed by atoms with Gasteiger partial charge >= 0.3 is 19.5 Å². The van der Waals surface area contributed by atoms with Gasteiger partial charge in [-0.2, -0.15) is 0 Å². The molecule has 0 rings (SSSR count). The molecule has 0 aromatic rings. The summed E-state index contributed by atoms with van der Waals surface area (Å²) in [6, 6.07) is 0. The second kappa shape index (κ2) is 24.1. The molecule has 0 aliphatic heterocycles. The summed E-state index contributed by atoms with van der Waals surface area (Å²) >= 11 is 0. The van der Waals surface area contributed by atoms with Crippen LogP contribution < -0.4 is 0 Å². The van der Waals surface area contributed by atoms with Crippen molar-refractivity contribution in [2.75, 3.05) is 0 Å². The van der Waals surface area contributed by atoms with Crippen molar-refractivity contribution >= 4 is 34.6 Å². The summed E-state index contributed by atoms with van der Waals surface area (Å²) in [7, 11) is 0. The summed E-state index contributed by atoms with van der Waals surface area (Å²) in [5.41, 5.74) is 0. The molecule has 0 aromatic carbocycles. The minimum atomic E-state index is 0. The van der Waals surface area contributed by atoms with Crippen molar-refractivity contribution < 1.29 is 25.0 Å². The van der Waals surface area contributed by atoms with Crippen LogP contribution in [0.5, 0.6) is 0 Å². The molecule has 6 radical (unpaired) electrons. The van der Waals surface area contributed by atoms with E-state index >= 15 is 0 Å². The van der Waals surface area contributed by atoms with Crippen LogP contribution in [-0.2, 0) is 25.0 Å². The van der Waals surface area contributed by atoms with Crippen LogP contribution in [0.1, 0.15) is 0 Å². The molecule has 0 saturated carbocycles. The normalized spacial score (nSPS) is 0. The van der Waals surface area contributed by atoms with Crippen molar-refractivity contribution in [2.45, 2.75) is 0 Å². The van der Waals surface area contributed by atoms with Crippen molar-refractivity contribution in [1.82, 2.24) is 0 Å². The van der Waals surface area contributed by atoms with Gasteiger partial charge in [-0.05, 0) is 0 Å². The molecule has 4 heteroatoms. The molecule has 16 valence electrons. The Kier molecular flexibility index (Phi) is 292. The topological polar surface area (TPSA) is 28.5 Å². The van der Waals surface area contributed by atoms with Gasteiger partial charge in [-0.25, -0.2) is 0 Å². The van der Waals surface area contributed by atoms with E-state index in [1.165, 1.54) is 0 Å². The Labute approximate surface area is 59.3 Å². The molecule has 0 atom stereocenters. The maximum atomic E-state index is 0. The summed E-state index contributed by atoms with van der Waals surface area (Å²) in [5.74, 6) is 0. The van der Waals surface area contributed by atoms with Gasteiger partial charge < -0.3 is 5.48 Å². The van der Waals surface area contributed by atoms with Gasteiger partial charge in [-0.15, -0.1) is 0 Å². The summed E-state index contributed by atoms with van der Waals surface area (Å²) in [5, 5.41) is 0. The van der Waals surface area contributed by atoms with Crippen molar-refractivity contribution in [1.29, 1.82) is 0 Å². The summed E-state index contributed by atoms with van der Waals surface area (Å²) in [6.07, 6.45) is 0. The first kappa shape index (κ1) is 48.4. The fraction of sp³-hybridized carbons (Fsp3) is 0. The van der Waals surface area contributed by atoms with Gasteiger partial charge in [0, 0.05) is 34.6 Å². The third kappa shape index (κ3) is 9.65. The smallest absolute Gasteiger partial charge is 2.00 e. The minimum Gasteiger partial charge on any atom is -2.00 e. The Hall–Kier alpha value is 1.53. The van der Waals surface area contributed by atoms with Gasteiger partial charge in [0.1, 0.15) is 0 Å².